The summed E-state index contributed by atoms with van der Waals surface area (Å²) in [6, 6.07) is 2.47. The molecule has 0 aliphatic carbocycles. The molecule has 0 aromatic carbocycles. The van der Waals surface area contributed by atoms with Gasteiger partial charge < -0.3 is 9.73 Å². The van der Waals surface area contributed by atoms with E-state index in [9.17, 15) is 14.4 Å². The Morgan fingerprint density at radius 3 is 2.60 bits per heavy atom. The van der Waals surface area contributed by atoms with Crippen LogP contribution in [0.1, 0.15) is 35.1 Å². The molecule has 0 radical (unpaired) electrons. The summed E-state index contributed by atoms with van der Waals surface area (Å²) in [4.78, 5) is 44.8. The Morgan fingerprint density at radius 1 is 1.24 bits per heavy atom. The monoisotopic (exact) mass is 343 g/mol. The first-order valence-electron chi connectivity index (χ1n) is 7.59. The number of rotatable bonds is 3. The van der Waals surface area contributed by atoms with Crippen LogP contribution in [0.3, 0.4) is 0 Å². The van der Waals surface area contributed by atoms with Gasteiger partial charge in [-0.15, -0.1) is 0 Å². The van der Waals surface area contributed by atoms with Crippen LogP contribution in [0.4, 0.5) is 0 Å². The van der Waals surface area contributed by atoms with E-state index in [0.29, 0.717) is 11.7 Å². The molecule has 0 bridgehead atoms. The Morgan fingerprint density at radius 2 is 1.96 bits per heavy atom. The number of hydrogen-bond donors (Lipinski definition) is 1. The summed E-state index contributed by atoms with van der Waals surface area (Å²) < 4.78 is 7.61. The highest BCUT2D eigenvalue weighted by atomic mass is 16.4. The van der Waals surface area contributed by atoms with Gasteiger partial charge in [-0.2, -0.15) is 0 Å². The van der Waals surface area contributed by atoms with Gasteiger partial charge in [0.1, 0.15) is 23.1 Å². The molecule has 9 nitrogen and oxygen atoms in total. The van der Waals surface area contributed by atoms with Crippen molar-refractivity contribution < 1.29 is 9.21 Å². The summed E-state index contributed by atoms with van der Waals surface area (Å²) in [7, 11) is 2.89. The molecule has 0 fully saturated rings. The number of nitrogens with zero attached hydrogens (tertiary/aromatic N) is 4. The molecular formula is C16H17N5O4. The predicted octanol–water partition coefficient (Wildman–Crippen LogP) is 0.420. The van der Waals surface area contributed by atoms with Crippen molar-refractivity contribution in [1.82, 2.24) is 24.4 Å². The van der Waals surface area contributed by atoms with Crippen molar-refractivity contribution in [3.8, 4) is 0 Å². The Balaban J connectivity index is 1.97. The molecule has 3 aromatic rings. The Labute approximate surface area is 141 Å². The Kier molecular flexibility index (Phi) is 3.99. The summed E-state index contributed by atoms with van der Waals surface area (Å²) in [6.45, 7) is 3.49. The number of fused-ring (bicyclic) bond motifs is 1. The molecule has 1 amide bonds. The highest BCUT2D eigenvalue weighted by molar-refractivity contribution is 5.94. The van der Waals surface area contributed by atoms with Gasteiger partial charge in [-0.3, -0.25) is 18.7 Å². The van der Waals surface area contributed by atoms with Gasteiger partial charge in [0.15, 0.2) is 0 Å². The third-order valence-electron chi connectivity index (χ3n) is 3.89. The number of pyridine rings is 1. The second-order valence-electron chi connectivity index (χ2n) is 5.78. The van der Waals surface area contributed by atoms with E-state index < -0.39 is 23.2 Å². The first-order valence-corrected chi connectivity index (χ1v) is 7.59. The topological polar surface area (TPSA) is 112 Å². The van der Waals surface area contributed by atoms with Gasteiger partial charge in [0.2, 0.25) is 5.89 Å². The van der Waals surface area contributed by atoms with Crippen molar-refractivity contribution in [2.45, 2.75) is 19.9 Å². The van der Waals surface area contributed by atoms with Crippen LogP contribution < -0.4 is 16.6 Å². The number of carbonyl (C=O) groups excluding carboxylic acids is 1. The SMILES string of the molecule is Cc1cnc(C(C)NC(=O)c2ccc3c(=O)n(C)c(=O)n(C)c3n2)o1. The third-order valence-corrected chi connectivity index (χ3v) is 3.89. The number of amides is 1. The summed E-state index contributed by atoms with van der Waals surface area (Å²) in [6.07, 6.45) is 1.57. The lowest BCUT2D eigenvalue weighted by Crippen LogP contribution is -2.37. The molecule has 0 saturated heterocycles. The fourth-order valence-electron chi connectivity index (χ4n) is 2.49. The standard InChI is InChI=1S/C16H17N5O4/c1-8-7-17-14(25-8)9(2)18-13(22)11-6-5-10-12(19-11)20(3)16(24)21(4)15(10)23/h5-7,9H,1-4H3,(H,18,22). The molecule has 0 saturated carbocycles. The molecule has 3 aromatic heterocycles. The maximum absolute atomic E-state index is 12.4. The largest absolute Gasteiger partial charge is 0.444 e. The number of oxazole rings is 1. The average molecular weight is 343 g/mol. The minimum absolute atomic E-state index is 0.0888. The number of carbonyl (C=O) groups is 1. The smallest absolute Gasteiger partial charge is 0.332 e. The third kappa shape index (κ3) is 2.84. The zero-order valence-electron chi connectivity index (χ0n) is 14.2. The molecule has 3 rings (SSSR count). The molecular weight excluding hydrogens is 326 g/mol. The molecule has 0 aliphatic rings. The molecule has 25 heavy (non-hydrogen) atoms. The Bertz CT molecular complexity index is 1090. The maximum atomic E-state index is 12.4. The van der Waals surface area contributed by atoms with Gasteiger partial charge >= 0.3 is 5.69 Å². The van der Waals surface area contributed by atoms with Crippen molar-refractivity contribution in [3.05, 3.63) is 56.5 Å². The second-order valence-corrected chi connectivity index (χ2v) is 5.78. The van der Waals surface area contributed by atoms with E-state index in [1.165, 1.54) is 30.8 Å². The lowest BCUT2D eigenvalue weighted by atomic mass is 10.2. The van der Waals surface area contributed by atoms with Crippen LogP contribution in [0.25, 0.3) is 11.0 Å². The van der Waals surface area contributed by atoms with E-state index in [2.05, 4.69) is 15.3 Å². The van der Waals surface area contributed by atoms with Gasteiger partial charge in [-0.1, -0.05) is 0 Å². The van der Waals surface area contributed by atoms with Gasteiger partial charge in [0, 0.05) is 14.1 Å². The first kappa shape index (κ1) is 16.6. The maximum Gasteiger partial charge on any atom is 0.332 e. The van der Waals surface area contributed by atoms with E-state index in [1.807, 2.05) is 0 Å². The molecule has 1 unspecified atom stereocenters. The van der Waals surface area contributed by atoms with E-state index >= 15 is 0 Å². The number of hydrogen-bond acceptors (Lipinski definition) is 6. The van der Waals surface area contributed by atoms with E-state index in [-0.39, 0.29) is 16.7 Å². The van der Waals surface area contributed by atoms with Gasteiger partial charge in [0.05, 0.1) is 11.6 Å². The summed E-state index contributed by atoms with van der Waals surface area (Å²) in [5.74, 6) is 0.567. The van der Waals surface area contributed by atoms with Gasteiger partial charge in [-0.25, -0.2) is 14.8 Å². The van der Waals surface area contributed by atoms with E-state index in [1.54, 1.807) is 20.0 Å². The fraction of sp³-hybridized carbons (Fsp3) is 0.312. The minimum atomic E-state index is -0.508. The second kappa shape index (κ2) is 6.00. The van der Waals surface area contributed by atoms with Crippen molar-refractivity contribution in [3.63, 3.8) is 0 Å². The molecule has 0 aliphatic heterocycles. The van der Waals surface area contributed by atoms with Gasteiger partial charge in [-0.05, 0) is 26.0 Å². The van der Waals surface area contributed by atoms with Crippen LogP contribution in [0.5, 0.6) is 0 Å². The van der Waals surface area contributed by atoms with E-state index in [4.69, 9.17) is 4.42 Å². The van der Waals surface area contributed by atoms with Crippen molar-refractivity contribution in [2.75, 3.05) is 0 Å². The van der Waals surface area contributed by atoms with Crippen molar-refractivity contribution in [1.29, 1.82) is 0 Å². The molecule has 130 valence electrons. The molecule has 9 heteroatoms. The zero-order chi connectivity index (χ0) is 18.3. The van der Waals surface area contributed by atoms with Crippen molar-refractivity contribution >= 4 is 16.9 Å². The first-order chi connectivity index (χ1) is 11.8. The fourth-order valence-corrected chi connectivity index (χ4v) is 2.49. The average Bonchev–Trinajstić information content (AvgIpc) is 3.04. The highest BCUT2D eigenvalue weighted by Gasteiger charge is 2.18. The summed E-state index contributed by atoms with van der Waals surface area (Å²) >= 11 is 0. The van der Waals surface area contributed by atoms with Crippen LogP contribution in [0, 0.1) is 6.92 Å². The number of nitrogens with one attached hydrogen (secondary N) is 1. The molecule has 1 N–H and O–H groups in total. The number of aryl methyl sites for hydroxylation is 2. The quantitative estimate of drug-likeness (QED) is 0.737. The van der Waals surface area contributed by atoms with Crippen LogP contribution in [-0.4, -0.2) is 25.0 Å². The molecule has 1 atom stereocenters. The van der Waals surface area contributed by atoms with Crippen LogP contribution in [-0.2, 0) is 14.1 Å². The highest BCUT2D eigenvalue weighted by Crippen LogP contribution is 2.13. The van der Waals surface area contributed by atoms with Gasteiger partial charge in [0.25, 0.3) is 11.5 Å². The molecule has 0 spiro atoms. The normalized spacial score (nSPS) is 12.3. The predicted molar refractivity (Wildman–Crippen MR) is 89.3 cm³/mol. The number of aromatic nitrogens is 4. The zero-order valence-corrected chi connectivity index (χ0v) is 14.2. The summed E-state index contributed by atoms with van der Waals surface area (Å²) in [5.41, 5.74) is -0.723. The Hall–Kier alpha value is -3.23. The molecule has 3 heterocycles. The van der Waals surface area contributed by atoms with Crippen molar-refractivity contribution in [2.24, 2.45) is 14.1 Å². The van der Waals surface area contributed by atoms with Crippen LogP contribution >= 0.6 is 0 Å². The lowest BCUT2D eigenvalue weighted by Gasteiger charge is -2.11. The lowest BCUT2D eigenvalue weighted by molar-refractivity contribution is 0.0929. The van der Waals surface area contributed by atoms with Crippen LogP contribution in [0.15, 0.2) is 32.3 Å². The van der Waals surface area contributed by atoms with Crippen LogP contribution in [0.2, 0.25) is 0 Å². The summed E-state index contributed by atoms with van der Waals surface area (Å²) in [5, 5.41) is 2.98. The minimum Gasteiger partial charge on any atom is -0.444 e. The van der Waals surface area contributed by atoms with E-state index in [0.717, 1.165) is 4.57 Å².